The van der Waals surface area contributed by atoms with Crippen molar-refractivity contribution in [1.82, 2.24) is 5.32 Å². The molecule has 3 aliphatic carbocycles. The van der Waals surface area contributed by atoms with E-state index in [0.717, 1.165) is 38.5 Å². The first-order valence-corrected chi connectivity index (χ1v) is 12.4. The molecule has 4 aliphatic rings. The molecule has 0 saturated heterocycles. The Morgan fingerprint density at radius 1 is 0.968 bits per heavy atom. The predicted octanol–water partition coefficient (Wildman–Crippen LogP) is 5.22. The van der Waals surface area contributed by atoms with Crippen LogP contribution in [0.2, 0.25) is 0 Å². The van der Waals surface area contributed by atoms with Crippen molar-refractivity contribution in [3.8, 4) is 0 Å². The monoisotopic (exact) mass is 428 g/mol. The summed E-state index contributed by atoms with van der Waals surface area (Å²) in [6.07, 6.45) is 10.3. The van der Waals surface area contributed by atoms with E-state index in [-0.39, 0.29) is 39.0 Å². The van der Waals surface area contributed by atoms with E-state index >= 15 is 0 Å². The molecule has 0 radical (unpaired) electrons. The van der Waals surface area contributed by atoms with Gasteiger partial charge in [-0.05, 0) is 78.6 Å². The molecule has 4 nitrogen and oxygen atoms in total. The van der Waals surface area contributed by atoms with E-state index < -0.39 is 5.41 Å². The van der Waals surface area contributed by atoms with Gasteiger partial charge in [-0.2, -0.15) is 0 Å². The van der Waals surface area contributed by atoms with Gasteiger partial charge in [0.1, 0.15) is 0 Å². The van der Waals surface area contributed by atoms with Crippen molar-refractivity contribution in [1.29, 1.82) is 0 Å². The van der Waals surface area contributed by atoms with Crippen LogP contribution >= 0.6 is 0 Å². The van der Waals surface area contributed by atoms with Crippen LogP contribution in [-0.2, 0) is 9.59 Å². The largest absolute Gasteiger partial charge is 0.369 e. The van der Waals surface area contributed by atoms with Crippen LogP contribution < -0.4 is 11.1 Å². The lowest BCUT2D eigenvalue weighted by molar-refractivity contribution is -0.170. The van der Waals surface area contributed by atoms with E-state index in [1.54, 1.807) is 6.08 Å². The number of carbonyl (C=O) groups excluding carboxylic acids is 2. The third-order valence-corrected chi connectivity index (χ3v) is 11.1. The number of carbonyl (C=O) groups is 2. The minimum atomic E-state index is -0.453. The zero-order valence-corrected chi connectivity index (χ0v) is 21.0. The van der Waals surface area contributed by atoms with Crippen molar-refractivity contribution in [2.45, 2.75) is 99.5 Å². The maximum atomic E-state index is 13.1. The molecule has 1 aliphatic heterocycles. The van der Waals surface area contributed by atoms with Gasteiger partial charge in [0.25, 0.3) is 0 Å². The fourth-order valence-electron chi connectivity index (χ4n) is 9.78. The topological polar surface area (TPSA) is 72.2 Å². The Hall–Kier alpha value is -1.32. The first-order chi connectivity index (χ1) is 14.1. The van der Waals surface area contributed by atoms with E-state index in [9.17, 15) is 9.59 Å². The van der Waals surface area contributed by atoms with Crippen molar-refractivity contribution in [2.75, 3.05) is 0 Å². The van der Waals surface area contributed by atoms with Gasteiger partial charge < -0.3 is 11.1 Å². The van der Waals surface area contributed by atoms with E-state index in [1.165, 1.54) is 0 Å². The zero-order valence-electron chi connectivity index (χ0n) is 21.0. The molecule has 0 aromatic carbocycles. The maximum Gasteiger partial charge on any atom is 0.244 e. The van der Waals surface area contributed by atoms with Crippen LogP contribution in [0.15, 0.2) is 12.2 Å². The van der Waals surface area contributed by atoms with Crippen molar-refractivity contribution in [3.05, 3.63) is 12.2 Å². The SMILES string of the molecule is CC(C)(C)C1(C(N)=O)CC[C@H]2[C@@H]3CCC4(C(C)(C)C)NC(=O)C=C[C@]4(C)[C@@H]3CC[C@@]21C. The molecule has 3 N–H and O–H groups in total. The Morgan fingerprint density at radius 2 is 1.58 bits per heavy atom. The standard InChI is InChI=1S/C27H44N2O2/c1-22(2,3)26(21(28)31)15-11-18-17-9-16-27(23(4,5)6)25(8,14-12-20(30)29-27)19(17)10-13-24(18,26)7/h12,14,17-19H,9-11,13,15-16H2,1-8H3,(H2,28,31)(H,29,30)/t17-,18-,19+,24-,25+,26?,27?/m0/s1. The van der Waals surface area contributed by atoms with E-state index in [4.69, 9.17) is 5.73 Å². The van der Waals surface area contributed by atoms with Crippen LogP contribution in [0.1, 0.15) is 93.9 Å². The molecule has 0 bridgehead atoms. The van der Waals surface area contributed by atoms with Gasteiger partial charge in [-0.1, -0.05) is 61.5 Å². The van der Waals surface area contributed by atoms with Gasteiger partial charge in [-0.25, -0.2) is 0 Å². The zero-order chi connectivity index (χ0) is 23.3. The third-order valence-electron chi connectivity index (χ3n) is 11.1. The number of hydrogen-bond acceptors (Lipinski definition) is 2. The van der Waals surface area contributed by atoms with Gasteiger partial charge in [-0.3, -0.25) is 9.59 Å². The van der Waals surface area contributed by atoms with Gasteiger partial charge in [-0.15, -0.1) is 0 Å². The normalized spacial score (nSPS) is 47.2. The summed E-state index contributed by atoms with van der Waals surface area (Å²) in [5.41, 5.74) is 5.20. The Balaban J connectivity index is 1.80. The molecule has 1 heterocycles. The molecule has 4 rings (SSSR count). The fourth-order valence-corrected chi connectivity index (χ4v) is 9.78. The summed E-state index contributed by atoms with van der Waals surface area (Å²) in [5.74, 6) is 1.55. The molecule has 3 fully saturated rings. The van der Waals surface area contributed by atoms with Gasteiger partial charge in [0.05, 0.1) is 11.0 Å². The van der Waals surface area contributed by atoms with Gasteiger partial charge in [0.2, 0.25) is 11.8 Å². The average Bonchev–Trinajstić information content (AvgIpc) is 2.95. The van der Waals surface area contributed by atoms with Crippen LogP contribution in [0.3, 0.4) is 0 Å². The van der Waals surface area contributed by atoms with Gasteiger partial charge in [0, 0.05) is 5.41 Å². The maximum absolute atomic E-state index is 13.1. The summed E-state index contributed by atoms with van der Waals surface area (Å²) in [6, 6.07) is 0. The second-order valence-corrected chi connectivity index (χ2v) is 13.7. The molecule has 2 amide bonds. The molecule has 7 atom stereocenters. The summed E-state index contributed by atoms with van der Waals surface area (Å²) in [5, 5.41) is 3.47. The Kier molecular flexibility index (Phi) is 4.71. The van der Waals surface area contributed by atoms with Crippen LogP contribution in [0.4, 0.5) is 0 Å². The lowest BCUT2D eigenvalue weighted by Crippen LogP contribution is -2.73. The predicted molar refractivity (Wildman–Crippen MR) is 125 cm³/mol. The highest BCUT2D eigenvalue weighted by atomic mass is 16.2. The van der Waals surface area contributed by atoms with Gasteiger partial charge in [0.15, 0.2) is 0 Å². The second kappa shape index (κ2) is 6.38. The number of primary amides is 1. The summed E-state index contributed by atoms with van der Waals surface area (Å²) in [4.78, 5) is 25.6. The number of amides is 2. The number of nitrogens with one attached hydrogen (secondary N) is 1. The smallest absolute Gasteiger partial charge is 0.244 e. The Labute approximate surface area is 189 Å². The summed E-state index contributed by atoms with van der Waals surface area (Å²) in [6.45, 7) is 18.3. The minimum absolute atomic E-state index is 0.0358. The summed E-state index contributed by atoms with van der Waals surface area (Å²) >= 11 is 0. The number of hydrogen-bond donors (Lipinski definition) is 2. The molecule has 31 heavy (non-hydrogen) atoms. The highest BCUT2D eigenvalue weighted by Crippen LogP contribution is 2.74. The Bertz CT molecular complexity index is 833. The molecule has 174 valence electrons. The first-order valence-electron chi connectivity index (χ1n) is 12.4. The average molecular weight is 429 g/mol. The third kappa shape index (κ3) is 2.54. The van der Waals surface area contributed by atoms with Crippen LogP contribution in [0.5, 0.6) is 0 Å². The Morgan fingerprint density at radius 3 is 2.13 bits per heavy atom. The fraction of sp³-hybridized carbons (Fsp3) is 0.852. The molecule has 4 heteroatoms. The van der Waals surface area contributed by atoms with Crippen LogP contribution in [0.25, 0.3) is 0 Å². The number of rotatable bonds is 1. The van der Waals surface area contributed by atoms with Crippen molar-refractivity contribution >= 4 is 11.8 Å². The summed E-state index contributed by atoms with van der Waals surface area (Å²) < 4.78 is 0. The second-order valence-electron chi connectivity index (χ2n) is 13.7. The molecule has 2 unspecified atom stereocenters. The van der Waals surface area contributed by atoms with Gasteiger partial charge >= 0.3 is 0 Å². The molecule has 0 spiro atoms. The van der Waals surface area contributed by atoms with Crippen molar-refractivity contribution < 1.29 is 9.59 Å². The van der Waals surface area contributed by atoms with E-state index in [0.29, 0.717) is 17.8 Å². The minimum Gasteiger partial charge on any atom is -0.369 e. The van der Waals surface area contributed by atoms with E-state index in [2.05, 4.69) is 66.8 Å². The van der Waals surface area contributed by atoms with E-state index in [1.807, 2.05) is 0 Å². The molecule has 0 aromatic rings. The lowest BCUT2D eigenvalue weighted by atomic mass is 9.39. The quantitative estimate of drug-likeness (QED) is 0.601. The molecule has 3 saturated carbocycles. The lowest BCUT2D eigenvalue weighted by Gasteiger charge is -2.68. The first kappa shape index (κ1) is 22.9. The molecular formula is C27H44N2O2. The van der Waals surface area contributed by atoms with Crippen LogP contribution in [-0.4, -0.2) is 17.4 Å². The highest BCUT2D eigenvalue weighted by Gasteiger charge is 2.72. The number of fused-ring (bicyclic) bond motifs is 5. The molecular weight excluding hydrogens is 384 g/mol. The summed E-state index contributed by atoms with van der Waals surface area (Å²) in [7, 11) is 0. The van der Waals surface area contributed by atoms with Crippen LogP contribution in [0, 0.1) is 44.8 Å². The molecule has 0 aromatic heterocycles. The highest BCUT2D eigenvalue weighted by molar-refractivity contribution is 5.90. The van der Waals surface area contributed by atoms with Crippen molar-refractivity contribution in [3.63, 3.8) is 0 Å². The number of nitrogens with two attached hydrogens (primary N) is 1. The van der Waals surface area contributed by atoms with Crippen molar-refractivity contribution in [2.24, 2.45) is 50.6 Å².